The monoisotopic (exact) mass is 320 g/mol. The molecule has 0 bridgehead atoms. The number of amides is 1. The Hall–Kier alpha value is -1.69. The molecule has 5 nitrogen and oxygen atoms in total. The summed E-state index contributed by atoms with van der Waals surface area (Å²) in [7, 11) is 0. The predicted molar refractivity (Wildman–Crippen MR) is 84.8 cm³/mol. The van der Waals surface area contributed by atoms with Gasteiger partial charge in [-0.3, -0.25) is 4.79 Å². The number of carbonyl (C=O) groups excluding carboxylic acids is 1. The second-order valence-electron chi connectivity index (χ2n) is 5.57. The highest BCUT2D eigenvalue weighted by atomic mass is 32.2. The molecule has 0 spiro atoms. The van der Waals surface area contributed by atoms with Gasteiger partial charge in [0.1, 0.15) is 17.2 Å². The second kappa shape index (κ2) is 6.60. The van der Waals surface area contributed by atoms with Gasteiger partial charge < -0.3 is 13.8 Å². The molecule has 6 heteroatoms. The van der Waals surface area contributed by atoms with E-state index in [2.05, 4.69) is 5.16 Å². The number of aromatic nitrogens is 1. The Morgan fingerprint density at radius 3 is 3.05 bits per heavy atom. The molecule has 0 saturated carbocycles. The molecular weight excluding hydrogens is 300 g/mol. The first kappa shape index (κ1) is 15.2. The Morgan fingerprint density at radius 2 is 2.32 bits per heavy atom. The van der Waals surface area contributed by atoms with Crippen molar-refractivity contribution in [3.63, 3.8) is 0 Å². The van der Waals surface area contributed by atoms with Crippen LogP contribution in [0.3, 0.4) is 0 Å². The molecule has 22 heavy (non-hydrogen) atoms. The van der Waals surface area contributed by atoms with Crippen LogP contribution in [0.2, 0.25) is 0 Å². The van der Waals surface area contributed by atoms with Gasteiger partial charge in [-0.15, -0.1) is 0 Å². The summed E-state index contributed by atoms with van der Waals surface area (Å²) in [5.41, 5.74) is 0.835. The Bertz CT molecular complexity index is 649. The van der Waals surface area contributed by atoms with Crippen molar-refractivity contribution >= 4 is 17.7 Å². The minimum Gasteiger partial charge on any atom is -0.455 e. The lowest BCUT2D eigenvalue weighted by Gasteiger charge is -2.33. The zero-order chi connectivity index (χ0) is 15.5. The third-order valence-electron chi connectivity index (χ3n) is 3.91. The molecule has 0 N–H and O–H groups in total. The molecule has 0 radical (unpaired) electrons. The fraction of sp³-hybridized carbons (Fsp3) is 0.500. The van der Waals surface area contributed by atoms with Crippen LogP contribution >= 0.6 is 11.8 Å². The number of rotatable bonds is 4. The van der Waals surface area contributed by atoms with Crippen molar-refractivity contribution in [3.8, 4) is 0 Å². The molecule has 1 atom stereocenters. The topological polar surface area (TPSA) is 59.5 Å². The van der Waals surface area contributed by atoms with Crippen molar-refractivity contribution < 1.29 is 13.7 Å². The van der Waals surface area contributed by atoms with Gasteiger partial charge in [0.05, 0.1) is 11.8 Å². The van der Waals surface area contributed by atoms with Gasteiger partial charge in [-0.25, -0.2) is 0 Å². The van der Waals surface area contributed by atoms with Crippen molar-refractivity contribution in [2.75, 3.05) is 12.8 Å². The molecule has 3 rings (SSSR count). The number of aryl methyl sites for hydroxylation is 1. The molecular formula is C16H20N2O3S. The summed E-state index contributed by atoms with van der Waals surface area (Å²) in [4.78, 5) is 14.6. The number of carbonyl (C=O) groups is 1. The number of thioether (sulfide) groups is 1. The Balaban J connectivity index is 1.81. The van der Waals surface area contributed by atoms with Crippen LogP contribution in [0, 0.1) is 6.92 Å². The number of nitrogens with zero attached hydrogens (tertiary/aromatic N) is 2. The maximum absolute atomic E-state index is 12.8. The number of furan rings is 1. The van der Waals surface area contributed by atoms with Gasteiger partial charge in [0.25, 0.3) is 5.91 Å². The quantitative estimate of drug-likeness (QED) is 0.857. The van der Waals surface area contributed by atoms with Crippen molar-refractivity contribution in [1.29, 1.82) is 0 Å². The maximum Gasteiger partial charge on any atom is 0.290 e. The summed E-state index contributed by atoms with van der Waals surface area (Å²) < 4.78 is 10.8. The molecule has 1 aliphatic heterocycles. The summed E-state index contributed by atoms with van der Waals surface area (Å²) in [5.74, 6) is 2.74. The first-order chi connectivity index (χ1) is 10.7. The standard InChI is InChI=1S/C16H20N2O3S/c1-11-9-13(17-21-11)14-5-3-4-8-18(14)16(19)15-7-6-12(20-15)10-22-2/h6-7,9,14H,3-5,8,10H2,1-2H3/t14-/m1/s1. The lowest BCUT2D eigenvalue weighted by Crippen LogP contribution is -2.38. The van der Waals surface area contributed by atoms with Gasteiger partial charge in [0.2, 0.25) is 0 Å². The number of hydrogen-bond donors (Lipinski definition) is 0. The SMILES string of the molecule is CSCc1ccc(C(=O)N2CCCC[C@@H]2c2cc(C)on2)o1. The summed E-state index contributed by atoms with van der Waals surface area (Å²) in [5, 5.41) is 4.10. The molecule has 0 aliphatic carbocycles. The summed E-state index contributed by atoms with van der Waals surface area (Å²) in [6.45, 7) is 2.60. The van der Waals surface area contributed by atoms with E-state index in [1.165, 1.54) is 0 Å². The van der Waals surface area contributed by atoms with E-state index in [0.717, 1.165) is 48.8 Å². The molecule has 1 aliphatic rings. The van der Waals surface area contributed by atoms with E-state index in [4.69, 9.17) is 8.94 Å². The first-order valence-corrected chi connectivity index (χ1v) is 8.90. The lowest BCUT2D eigenvalue weighted by molar-refractivity contribution is 0.0568. The largest absolute Gasteiger partial charge is 0.455 e. The fourth-order valence-corrected chi connectivity index (χ4v) is 3.32. The van der Waals surface area contributed by atoms with Crippen molar-refractivity contribution in [2.24, 2.45) is 0 Å². The normalized spacial score (nSPS) is 18.6. The molecule has 3 heterocycles. The molecule has 118 valence electrons. The first-order valence-electron chi connectivity index (χ1n) is 7.51. The summed E-state index contributed by atoms with van der Waals surface area (Å²) >= 11 is 1.67. The van der Waals surface area contributed by atoms with Gasteiger partial charge in [-0.1, -0.05) is 5.16 Å². The third kappa shape index (κ3) is 3.06. The lowest BCUT2D eigenvalue weighted by atomic mass is 9.99. The minimum atomic E-state index is -0.0577. The highest BCUT2D eigenvalue weighted by Gasteiger charge is 2.32. The van der Waals surface area contributed by atoms with Crippen molar-refractivity contribution in [3.05, 3.63) is 41.2 Å². The van der Waals surface area contributed by atoms with Crippen molar-refractivity contribution in [2.45, 2.75) is 38.0 Å². The van der Waals surface area contributed by atoms with E-state index in [1.807, 2.05) is 30.2 Å². The maximum atomic E-state index is 12.8. The summed E-state index contributed by atoms with van der Waals surface area (Å²) in [6, 6.07) is 5.54. The number of piperidine rings is 1. The van der Waals surface area contributed by atoms with Gasteiger partial charge in [0, 0.05) is 12.6 Å². The van der Waals surface area contributed by atoms with Gasteiger partial charge in [0.15, 0.2) is 5.76 Å². The Kier molecular flexibility index (Phi) is 4.57. The van der Waals surface area contributed by atoms with Gasteiger partial charge in [-0.05, 0) is 44.6 Å². The predicted octanol–water partition coefficient (Wildman–Crippen LogP) is 3.81. The Morgan fingerprint density at radius 1 is 1.45 bits per heavy atom. The van der Waals surface area contributed by atoms with Crippen LogP contribution < -0.4 is 0 Å². The second-order valence-corrected chi connectivity index (χ2v) is 6.44. The Labute approximate surface area is 134 Å². The van der Waals surface area contributed by atoms with E-state index in [1.54, 1.807) is 17.8 Å². The molecule has 1 saturated heterocycles. The molecule has 1 amide bonds. The molecule has 0 unspecified atom stereocenters. The zero-order valence-electron chi connectivity index (χ0n) is 12.9. The van der Waals surface area contributed by atoms with Crippen LogP contribution in [-0.2, 0) is 5.75 Å². The highest BCUT2D eigenvalue weighted by Crippen LogP contribution is 2.32. The smallest absolute Gasteiger partial charge is 0.290 e. The fourth-order valence-electron chi connectivity index (χ4n) is 2.88. The number of likely N-dealkylation sites (tertiary alicyclic amines) is 1. The van der Waals surface area contributed by atoms with E-state index in [-0.39, 0.29) is 11.9 Å². The van der Waals surface area contributed by atoms with E-state index in [9.17, 15) is 4.79 Å². The minimum absolute atomic E-state index is 0.0206. The van der Waals surface area contributed by atoms with Crippen LogP contribution in [0.1, 0.15) is 53.1 Å². The van der Waals surface area contributed by atoms with Crippen LogP contribution in [0.5, 0.6) is 0 Å². The van der Waals surface area contributed by atoms with E-state index < -0.39 is 0 Å². The van der Waals surface area contributed by atoms with Crippen LogP contribution in [0.25, 0.3) is 0 Å². The number of hydrogen-bond acceptors (Lipinski definition) is 5. The van der Waals surface area contributed by atoms with Crippen LogP contribution in [0.4, 0.5) is 0 Å². The van der Waals surface area contributed by atoms with Crippen LogP contribution in [-0.4, -0.2) is 28.8 Å². The van der Waals surface area contributed by atoms with E-state index in [0.29, 0.717) is 5.76 Å². The molecule has 2 aromatic heterocycles. The molecule has 1 fully saturated rings. The molecule has 2 aromatic rings. The van der Waals surface area contributed by atoms with E-state index >= 15 is 0 Å². The highest BCUT2D eigenvalue weighted by molar-refractivity contribution is 7.97. The average Bonchev–Trinajstić information content (AvgIpc) is 3.16. The zero-order valence-corrected chi connectivity index (χ0v) is 13.7. The third-order valence-corrected chi connectivity index (χ3v) is 4.48. The summed E-state index contributed by atoms with van der Waals surface area (Å²) in [6.07, 6.45) is 5.03. The average molecular weight is 320 g/mol. The van der Waals surface area contributed by atoms with Gasteiger partial charge in [-0.2, -0.15) is 11.8 Å². The molecule has 0 aromatic carbocycles. The van der Waals surface area contributed by atoms with Crippen LogP contribution in [0.15, 0.2) is 27.1 Å². The van der Waals surface area contributed by atoms with Gasteiger partial charge >= 0.3 is 0 Å². The van der Waals surface area contributed by atoms with Crippen molar-refractivity contribution in [1.82, 2.24) is 10.1 Å².